The Hall–Kier alpha value is -0.140. The molecule has 0 nitrogen and oxygen atoms in total. The van der Waals surface area contributed by atoms with Crippen molar-refractivity contribution in [2.45, 2.75) is 76.6 Å². The minimum atomic E-state index is -2.35. The predicted octanol–water partition coefficient (Wildman–Crippen LogP) is 5.42. The molecule has 0 spiro atoms. The zero-order valence-electron chi connectivity index (χ0n) is 11.3. The van der Waals surface area contributed by atoms with Crippen LogP contribution in [0.25, 0.3) is 0 Å². The molecule has 3 aliphatic carbocycles. The van der Waals surface area contributed by atoms with Gasteiger partial charge in [-0.05, 0) is 42.9 Å². The van der Waals surface area contributed by atoms with E-state index < -0.39 is 5.92 Å². The number of hydrogen-bond acceptors (Lipinski definition) is 0. The molecule has 0 N–H and O–H groups in total. The summed E-state index contributed by atoms with van der Waals surface area (Å²) in [5.41, 5.74) is 0. The van der Waals surface area contributed by atoms with Crippen molar-refractivity contribution in [2.75, 3.05) is 0 Å². The Kier molecular flexibility index (Phi) is 3.64. The van der Waals surface area contributed by atoms with E-state index in [-0.39, 0.29) is 12.8 Å². The van der Waals surface area contributed by atoms with Gasteiger partial charge < -0.3 is 0 Å². The van der Waals surface area contributed by atoms with E-state index in [9.17, 15) is 8.78 Å². The highest BCUT2D eigenvalue weighted by Gasteiger charge is 2.40. The van der Waals surface area contributed by atoms with E-state index in [0.29, 0.717) is 5.92 Å². The molecule has 18 heavy (non-hydrogen) atoms. The van der Waals surface area contributed by atoms with Crippen molar-refractivity contribution in [1.29, 1.82) is 0 Å². The number of alkyl halides is 2. The maximum atomic E-state index is 13.2. The standard InChI is InChI=1S/C16H26F2/c17-16(18)9-7-13(8-10-16)15-6-2-5-14(11-15)12-3-1-4-12/h12-15H,1-11H2. The minimum Gasteiger partial charge on any atom is -0.207 e. The van der Waals surface area contributed by atoms with Crippen LogP contribution in [0.4, 0.5) is 8.78 Å². The average Bonchev–Trinajstić information content (AvgIpc) is 2.27. The maximum absolute atomic E-state index is 13.2. The zero-order chi connectivity index (χ0) is 12.6. The Labute approximate surface area is 110 Å². The summed E-state index contributed by atoms with van der Waals surface area (Å²) in [5, 5.41) is 0. The highest BCUT2D eigenvalue weighted by molar-refractivity contribution is 4.88. The molecule has 0 radical (unpaired) electrons. The van der Waals surface area contributed by atoms with Crippen LogP contribution in [0.15, 0.2) is 0 Å². The van der Waals surface area contributed by atoms with Crippen LogP contribution in [0.1, 0.15) is 70.6 Å². The van der Waals surface area contributed by atoms with Crippen molar-refractivity contribution in [3.63, 3.8) is 0 Å². The van der Waals surface area contributed by atoms with E-state index in [4.69, 9.17) is 0 Å². The van der Waals surface area contributed by atoms with Crippen LogP contribution in [0.2, 0.25) is 0 Å². The third-order valence-corrected chi connectivity index (χ3v) is 6.00. The van der Waals surface area contributed by atoms with Gasteiger partial charge in [-0.3, -0.25) is 0 Å². The Morgan fingerprint density at radius 3 is 1.56 bits per heavy atom. The van der Waals surface area contributed by atoms with Crippen molar-refractivity contribution in [3.8, 4) is 0 Å². The third kappa shape index (κ3) is 2.72. The predicted molar refractivity (Wildman–Crippen MR) is 69.7 cm³/mol. The first-order valence-electron chi connectivity index (χ1n) is 8.02. The van der Waals surface area contributed by atoms with E-state index >= 15 is 0 Å². The molecule has 3 fully saturated rings. The molecule has 3 aliphatic rings. The summed E-state index contributed by atoms with van der Waals surface area (Å²) in [7, 11) is 0. The minimum absolute atomic E-state index is 0.155. The Bertz CT molecular complexity index is 273. The van der Waals surface area contributed by atoms with Gasteiger partial charge in [-0.25, -0.2) is 8.78 Å². The number of halogens is 2. The van der Waals surface area contributed by atoms with Gasteiger partial charge in [0.15, 0.2) is 0 Å². The van der Waals surface area contributed by atoms with E-state index in [0.717, 1.165) is 30.6 Å². The lowest BCUT2D eigenvalue weighted by molar-refractivity contribution is -0.0569. The molecule has 0 aromatic rings. The summed E-state index contributed by atoms with van der Waals surface area (Å²) in [5.74, 6) is 0.990. The van der Waals surface area contributed by atoms with E-state index in [2.05, 4.69) is 0 Å². The van der Waals surface area contributed by atoms with Gasteiger partial charge in [0.05, 0.1) is 0 Å². The normalized spacial score (nSPS) is 38.3. The quantitative estimate of drug-likeness (QED) is 0.619. The molecular weight excluding hydrogens is 230 g/mol. The molecule has 0 aromatic heterocycles. The van der Waals surface area contributed by atoms with Crippen molar-refractivity contribution < 1.29 is 8.78 Å². The van der Waals surface area contributed by atoms with E-state index in [1.165, 1.54) is 44.9 Å². The molecule has 0 saturated heterocycles. The first kappa shape index (κ1) is 12.9. The van der Waals surface area contributed by atoms with Gasteiger partial charge in [-0.15, -0.1) is 0 Å². The number of hydrogen-bond donors (Lipinski definition) is 0. The summed E-state index contributed by atoms with van der Waals surface area (Å²) in [4.78, 5) is 0. The topological polar surface area (TPSA) is 0 Å². The molecule has 2 heteroatoms. The molecule has 0 amide bonds. The highest BCUT2D eigenvalue weighted by atomic mass is 19.3. The van der Waals surface area contributed by atoms with Crippen molar-refractivity contribution in [2.24, 2.45) is 23.7 Å². The molecular formula is C16H26F2. The van der Waals surface area contributed by atoms with Gasteiger partial charge in [-0.1, -0.05) is 38.5 Å². The first-order valence-corrected chi connectivity index (χ1v) is 8.02. The average molecular weight is 256 g/mol. The van der Waals surface area contributed by atoms with Crippen molar-refractivity contribution in [1.82, 2.24) is 0 Å². The van der Waals surface area contributed by atoms with Gasteiger partial charge in [-0.2, -0.15) is 0 Å². The SMILES string of the molecule is FC1(F)CCC(C2CCCC(C3CCC3)C2)CC1. The van der Waals surface area contributed by atoms with Crippen LogP contribution in [-0.2, 0) is 0 Å². The fourth-order valence-electron chi connectivity index (χ4n) is 4.57. The Balaban J connectivity index is 1.52. The fourth-order valence-corrected chi connectivity index (χ4v) is 4.57. The second-order valence-corrected chi connectivity index (χ2v) is 7.07. The largest absolute Gasteiger partial charge is 0.248 e. The lowest BCUT2D eigenvalue weighted by Crippen LogP contribution is -2.33. The summed E-state index contributed by atoms with van der Waals surface area (Å²) in [6.45, 7) is 0. The molecule has 0 heterocycles. The molecule has 0 bridgehead atoms. The summed E-state index contributed by atoms with van der Waals surface area (Å²) in [6, 6.07) is 0. The molecule has 0 aliphatic heterocycles. The van der Waals surface area contributed by atoms with E-state index in [1.54, 1.807) is 0 Å². The van der Waals surface area contributed by atoms with Gasteiger partial charge in [0.25, 0.3) is 0 Å². The molecule has 3 saturated carbocycles. The van der Waals surface area contributed by atoms with E-state index in [1.807, 2.05) is 0 Å². The first-order chi connectivity index (χ1) is 8.64. The van der Waals surface area contributed by atoms with Crippen LogP contribution in [0.5, 0.6) is 0 Å². The smallest absolute Gasteiger partial charge is 0.207 e. The number of rotatable bonds is 2. The molecule has 0 aromatic carbocycles. The molecule has 2 atom stereocenters. The second kappa shape index (κ2) is 5.09. The lowest BCUT2D eigenvalue weighted by Gasteiger charge is -2.43. The summed E-state index contributed by atoms with van der Waals surface area (Å²) < 4.78 is 26.4. The van der Waals surface area contributed by atoms with Crippen molar-refractivity contribution >= 4 is 0 Å². The maximum Gasteiger partial charge on any atom is 0.248 e. The third-order valence-electron chi connectivity index (χ3n) is 6.00. The van der Waals surface area contributed by atoms with Crippen LogP contribution < -0.4 is 0 Å². The molecule has 2 unspecified atom stereocenters. The second-order valence-electron chi connectivity index (χ2n) is 7.07. The van der Waals surface area contributed by atoms with Gasteiger partial charge >= 0.3 is 0 Å². The monoisotopic (exact) mass is 256 g/mol. The lowest BCUT2D eigenvalue weighted by atomic mass is 9.63. The summed E-state index contributed by atoms with van der Waals surface area (Å²) in [6.07, 6.45) is 11.7. The van der Waals surface area contributed by atoms with Crippen LogP contribution in [0, 0.1) is 23.7 Å². The Morgan fingerprint density at radius 2 is 1.06 bits per heavy atom. The Morgan fingerprint density at radius 1 is 0.611 bits per heavy atom. The molecule has 104 valence electrons. The van der Waals surface area contributed by atoms with Gasteiger partial charge in [0, 0.05) is 12.8 Å². The van der Waals surface area contributed by atoms with Gasteiger partial charge in [0.1, 0.15) is 0 Å². The molecule has 3 rings (SSSR count). The highest BCUT2D eigenvalue weighted by Crippen LogP contribution is 2.48. The van der Waals surface area contributed by atoms with Crippen molar-refractivity contribution in [3.05, 3.63) is 0 Å². The zero-order valence-corrected chi connectivity index (χ0v) is 11.3. The summed E-state index contributed by atoms with van der Waals surface area (Å²) >= 11 is 0. The fraction of sp³-hybridized carbons (Fsp3) is 1.00. The van der Waals surface area contributed by atoms with Crippen LogP contribution in [0.3, 0.4) is 0 Å². The van der Waals surface area contributed by atoms with Crippen LogP contribution >= 0.6 is 0 Å². The van der Waals surface area contributed by atoms with Crippen LogP contribution in [-0.4, -0.2) is 5.92 Å². The van der Waals surface area contributed by atoms with Gasteiger partial charge in [0.2, 0.25) is 5.92 Å².